The fraction of sp³-hybridized carbons (Fsp3) is 0.556. The predicted octanol–water partition coefficient (Wildman–Crippen LogP) is 2.52. The predicted molar refractivity (Wildman–Crippen MR) is 89.7 cm³/mol. The molecule has 1 fully saturated rings. The van der Waals surface area contributed by atoms with Crippen LogP contribution in [0, 0.1) is 20.8 Å². The molecular weight excluding hydrogens is 306 g/mol. The molecule has 2 aromatic rings. The lowest BCUT2D eigenvalue weighted by Crippen LogP contribution is -2.37. The molecule has 24 heavy (non-hydrogen) atoms. The molecule has 1 N–H and O–H groups in total. The van der Waals surface area contributed by atoms with Gasteiger partial charge in [-0.05, 0) is 39.3 Å². The summed E-state index contributed by atoms with van der Waals surface area (Å²) in [6.07, 6.45) is 1.74. The second kappa shape index (κ2) is 6.81. The number of carbonyl (C=O) groups excluding carboxylic acids is 1. The van der Waals surface area contributed by atoms with Crippen LogP contribution in [0.1, 0.15) is 47.4 Å². The zero-order valence-electron chi connectivity index (χ0n) is 14.8. The smallest absolute Gasteiger partial charge is 0.220 e. The van der Waals surface area contributed by atoms with Crippen molar-refractivity contribution in [2.24, 2.45) is 7.05 Å². The summed E-state index contributed by atoms with van der Waals surface area (Å²) in [7, 11) is 1.93. The van der Waals surface area contributed by atoms with E-state index in [9.17, 15) is 4.79 Å². The van der Waals surface area contributed by atoms with Crippen LogP contribution in [-0.2, 0) is 23.0 Å². The van der Waals surface area contributed by atoms with Gasteiger partial charge in [-0.15, -0.1) is 0 Å². The summed E-state index contributed by atoms with van der Waals surface area (Å²) in [5.74, 6) is 1.75. The van der Waals surface area contributed by atoms with Crippen molar-refractivity contribution in [3.63, 3.8) is 0 Å². The Morgan fingerprint density at radius 2 is 2.17 bits per heavy atom. The molecule has 1 amide bonds. The van der Waals surface area contributed by atoms with Crippen LogP contribution in [0.5, 0.6) is 0 Å². The van der Waals surface area contributed by atoms with Crippen LogP contribution in [0.2, 0.25) is 0 Å². The molecule has 2 atom stereocenters. The van der Waals surface area contributed by atoms with Gasteiger partial charge in [0.05, 0.1) is 11.7 Å². The van der Waals surface area contributed by atoms with Crippen molar-refractivity contribution >= 4 is 5.91 Å². The SMILES string of the molecule is Cc1ccc(CCC(=O)N[C@H]2CCO[C@@H]2c2c(C)nn(C)c2C)o1. The van der Waals surface area contributed by atoms with Crippen molar-refractivity contribution in [1.29, 1.82) is 0 Å². The zero-order chi connectivity index (χ0) is 17.3. The summed E-state index contributed by atoms with van der Waals surface area (Å²) < 4.78 is 13.3. The number of rotatable bonds is 5. The summed E-state index contributed by atoms with van der Waals surface area (Å²) in [4.78, 5) is 12.3. The van der Waals surface area contributed by atoms with Gasteiger partial charge < -0.3 is 14.5 Å². The number of aromatic nitrogens is 2. The van der Waals surface area contributed by atoms with E-state index in [4.69, 9.17) is 9.15 Å². The largest absolute Gasteiger partial charge is 0.466 e. The normalized spacial score (nSPS) is 20.5. The first-order valence-corrected chi connectivity index (χ1v) is 8.42. The molecule has 2 aromatic heterocycles. The number of nitrogens with one attached hydrogen (secondary N) is 1. The molecule has 1 aliphatic rings. The van der Waals surface area contributed by atoms with Crippen molar-refractivity contribution in [1.82, 2.24) is 15.1 Å². The molecule has 3 rings (SSSR count). The van der Waals surface area contributed by atoms with E-state index < -0.39 is 0 Å². The average Bonchev–Trinajstić information content (AvgIpc) is 3.20. The van der Waals surface area contributed by atoms with Gasteiger partial charge in [0.1, 0.15) is 17.6 Å². The van der Waals surface area contributed by atoms with Gasteiger partial charge in [-0.2, -0.15) is 5.10 Å². The van der Waals surface area contributed by atoms with E-state index in [1.807, 2.05) is 44.6 Å². The fourth-order valence-corrected chi connectivity index (χ4v) is 3.36. The summed E-state index contributed by atoms with van der Waals surface area (Å²) >= 11 is 0. The Morgan fingerprint density at radius 3 is 2.79 bits per heavy atom. The minimum absolute atomic E-state index is 0.00237. The van der Waals surface area contributed by atoms with Crippen LogP contribution in [0.15, 0.2) is 16.5 Å². The molecule has 0 aromatic carbocycles. The standard InChI is InChI=1S/C18H25N3O3/c1-11-5-6-14(24-11)7-8-16(22)19-15-9-10-23-18(15)17-12(2)20-21(4)13(17)3/h5-6,15,18H,7-10H2,1-4H3,(H,19,22)/t15-,18-/m0/s1. The molecule has 0 radical (unpaired) electrons. The van der Waals surface area contributed by atoms with Crippen LogP contribution in [0.4, 0.5) is 0 Å². The van der Waals surface area contributed by atoms with E-state index in [-0.39, 0.29) is 18.1 Å². The Hall–Kier alpha value is -2.08. The van der Waals surface area contributed by atoms with Gasteiger partial charge in [-0.1, -0.05) is 0 Å². The molecule has 3 heterocycles. The van der Waals surface area contributed by atoms with E-state index in [1.165, 1.54) is 0 Å². The number of carbonyl (C=O) groups is 1. The van der Waals surface area contributed by atoms with Gasteiger partial charge >= 0.3 is 0 Å². The summed E-state index contributed by atoms with van der Waals surface area (Å²) in [6, 6.07) is 3.84. The van der Waals surface area contributed by atoms with Gasteiger partial charge in [0.15, 0.2) is 0 Å². The van der Waals surface area contributed by atoms with Crippen LogP contribution in [-0.4, -0.2) is 28.3 Å². The summed E-state index contributed by atoms with van der Waals surface area (Å²) in [5.41, 5.74) is 3.15. The van der Waals surface area contributed by atoms with Crippen LogP contribution in [0.25, 0.3) is 0 Å². The molecule has 1 saturated heterocycles. The van der Waals surface area contributed by atoms with E-state index >= 15 is 0 Å². The highest BCUT2D eigenvalue weighted by Crippen LogP contribution is 2.33. The average molecular weight is 331 g/mol. The van der Waals surface area contributed by atoms with Crippen molar-refractivity contribution in [2.75, 3.05) is 6.61 Å². The Bertz CT molecular complexity index is 732. The lowest BCUT2D eigenvalue weighted by Gasteiger charge is -2.20. The monoisotopic (exact) mass is 331 g/mol. The number of amides is 1. The van der Waals surface area contributed by atoms with E-state index in [0.29, 0.717) is 19.4 Å². The summed E-state index contributed by atoms with van der Waals surface area (Å²) in [5, 5.41) is 7.58. The van der Waals surface area contributed by atoms with Gasteiger partial charge in [-0.25, -0.2) is 0 Å². The van der Waals surface area contributed by atoms with Gasteiger partial charge in [-0.3, -0.25) is 9.48 Å². The number of hydrogen-bond donors (Lipinski definition) is 1. The maximum Gasteiger partial charge on any atom is 0.220 e. The third-order valence-electron chi connectivity index (χ3n) is 4.68. The topological polar surface area (TPSA) is 69.3 Å². The molecular formula is C18H25N3O3. The molecule has 0 aliphatic carbocycles. The second-order valence-electron chi connectivity index (χ2n) is 6.47. The first kappa shape index (κ1) is 16.8. The van der Waals surface area contributed by atoms with Crippen LogP contribution >= 0.6 is 0 Å². The highest BCUT2D eigenvalue weighted by molar-refractivity contribution is 5.76. The van der Waals surface area contributed by atoms with E-state index in [1.54, 1.807) is 0 Å². The third-order valence-corrected chi connectivity index (χ3v) is 4.68. The van der Waals surface area contributed by atoms with Crippen molar-refractivity contribution in [3.05, 3.63) is 40.6 Å². The summed E-state index contributed by atoms with van der Waals surface area (Å²) in [6.45, 7) is 6.58. The Kier molecular flexibility index (Phi) is 4.76. The number of ether oxygens (including phenoxy) is 1. The Morgan fingerprint density at radius 1 is 1.38 bits per heavy atom. The van der Waals surface area contributed by atoms with Gasteiger partial charge in [0, 0.05) is 37.8 Å². The first-order valence-electron chi connectivity index (χ1n) is 8.42. The van der Waals surface area contributed by atoms with Crippen LogP contribution in [0.3, 0.4) is 0 Å². The molecule has 0 saturated carbocycles. The van der Waals surface area contributed by atoms with Crippen LogP contribution < -0.4 is 5.32 Å². The van der Waals surface area contributed by atoms with Crippen molar-refractivity contribution < 1.29 is 13.9 Å². The van der Waals surface area contributed by atoms with Gasteiger partial charge in [0.2, 0.25) is 5.91 Å². The highest BCUT2D eigenvalue weighted by Gasteiger charge is 2.34. The molecule has 1 aliphatic heterocycles. The molecule has 130 valence electrons. The Labute approximate surface area is 142 Å². The number of nitrogens with zero attached hydrogens (tertiary/aromatic N) is 2. The van der Waals surface area contributed by atoms with E-state index in [0.717, 1.165) is 34.9 Å². The van der Waals surface area contributed by atoms with E-state index in [2.05, 4.69) is 10.4 Å². The maximum atomic E-state index is 12.3. The maximum absolute atomic E-state index is 12.3. The fourth-order valence-electron chi connectivity index (χ4n) is 3.36. The number of furan rings is 1. The minimum atomic E-state index is -0.117. The van der Waals surface area contributed by atoms with Gasteiger partial charge in [0.25, 0.3) is 0 Å². The first-order chi connectivity index (χ1) is 11.5. The van der Waals surface area contributed by atoms with Crippen molar-refractivity contribution in [3.8, 4) is 0 Å². The minimum Gasteiger partial charge on any atom is -0.466 e. The number of hydrogen-bond acceptors (Lipinski definition) is 4. The molecule has 6 heteroatoms. The number of aryl methyl sites for hydroxylation is 4. The quantitative estimate of drug-likeness (QED) is 0.914. The Balaban J connectivity index is 1.62. The third kappa shape index (κ3) is 3.38. The van der Waals surface area contributed by atoms with Crippen molar-refractivity contribution in [2.45, 2.75) is 52.2 Å². The zero-order valence-corrected chi connectivity index (χ0v) is 14.8. The molecule has 0 unspecified atom stereocenters. The molecule has 0 spiro atoms. The molecule has 0 bridgehead atoms. The lowest BCUT2D eigenvalue weighted by molar-refractivity contribution is -0.122. The highest BCUT2D eigenvalue weighted by atomic mass is 16.5. The molecule has 6 nitrogen and oxygen atoms in total. The second-order valence-corrected chi connectivity index (χ2v) is 6.47. The lowest BCUT2D eigenvalue weighted by atomic mass is 10.00.